The van der Waals surface area contributed by atoms with Crippen LogP contribution >= 0.6 is 0 Å². The number of esters is 2. The molecule has 0 radical (unpaired) electrons. The fraction of sp³-hybridized carbons (Fsp3) is 0.348. The number of hydrogen-bond donors (Lipinski definition) is 1. The summed E-state index contributed by atoms with van der Waals surface area (Å²) in [6, 6.07) is 8.36. The fourth-order valence-corrected chi connectivity index (χ4v) is 3.09. The lowest BCUT2D eigenvalue weighted by Gasteiger charge is -2.15. The lowest BCUT2D eigenvalue weighted by molar-refractivity contribution is -0.385. The Hall–Kier alpha value is -4.35. The van der Waals surface area contributed by atoms with Crippen LogP contribution in [0.5, 0.6) is 0 Å². The molecule has 0 unspecified atom stereocenters. The van der Waals surface area contributed by atoms with Gasteiger partial charge >= 0.3 is 17.9 Å². The van der Waals surface area contributed by atoms with Gasteiger partial charge in [0.1, 0.15) is 0 Å². The molecule has 2 rings (SSSR count). The molecule has 35 heavy (non-hydrogen) atoms. The average Bonchev–Trinajstić information content (AvgIpc) is 2.74. The van der Waals surface area contributed by atoms with Crippen molar-refractivity contribution in [3.05, 3.63) is 78.9 Å². The summed E-state index contributed by atoms with van der Waals surface area (Å²) in [6.07, 6.45) is -0.112. The number of nitro benzene ring substituents is 2. The maximum atomic E-state index is 11.9. The normalized spacial score (nSPS) is 10.1. The molecule has 0 heterocycles. The topological polar surface area (TPSA) is 176 Å². The Bertz CT molecular complexity index is 1100. The van der Waals surface area contributed by atoms with E-state index in [-0.39, 0.29) is 31.0 Å². The monoisotopic (exact) mass is 490 g/mol. The highest BCUT2D eigenvalue weighted by molar-refractivity contribution is 6.00. The standard InChI is InChI=1S/C14H17NO6.C9H9NO4/c1-4-20-13(16)12(14(17)21-5-2)10-6-7-11(15(18)19)9(3)8-10;1-6-4-7(5-9(11)12)2-3-8(6)10(13)14/h6-8,12H,4-5H2,1-3H3;2-4H,5H2,1H3,(H,11,12). The molecule has 0 atom stereocenters. The van der Waals surface area contributed by atoms with Gasteiger partial charge in [0.05, 0.1) is 29.5 Å². The zero-order chi connectivity index (χ0) is 26.7. The molecular formula is C23H26N2O10. The number of rotatable bonds is 9. The second-order valence-electron chi connectivity index (χ2n) is 7.19. The summed E-state index contributed by atoms with van der Waals surface area (Å²) in [6.45, 7) is 6.63. The summed E-state index contributed by atoms with van der Waals surface area (Å²) in [5, 5.41) is 29.7. The van der Waals surface area contributed by atoms with E-state index < -0.39 is 33.7 Å². The second kappa shape index (κ2) is 13.4. The van der Waals surface area contributed by atoms with Gasteiger partial charge < -0.3 is 14.6 Å². The van der Waals surface area contributed by atoms with Crippen LogP contribution in [0.1, 0.15) is 42.0 Å². The maximum absolute atomic E-state index is 11.9. The highest BCUT2D eigenvalue weighted by Gasteiger charge is 2.32. The number of carbonyl (C=O) groups is 3. The first-order valence-corrected chi connectivity index (χ1v) is 10.5. The summed E-state index contributed by atoms with van der Waals surface area (Å²) in [5.41, 5.74) is 1.66. The molecule has 0 saturated carbocycles. The maximum Gasteiger partial charge on any atom is 0.324 e. The van der Waals surface area contributed by atoms with Crippen molar-refractivity contribution in [3.8, 4) is 0 Å². The summed E-state index contributed by atoms with van der Waals surface area (Å²) >= 11 is 0. The van der Waals surface area contributed by atoms with Crippen LogP contribution in [0.25, 0.3) is 0 Å². The number of carboxylic acids is 1. The van der Waals surface area contributed by atoms with Gasteiger partial charge in [0.2, 0.25) is 0 Å². The number of carboxylic acid groups (broad SMARTS) is 1. The minimum Gasteiger partial charge on any atom is -0.481 e. The first kappa shape index (κ1) is 28.7. The largest absolute Gasteiger partial charge is 0.481 e. The second-order valence-corrected chi connectivity index (χ2v) is 7.19. The number of aliphatic carboxylic acids is 1. The van der Waals surface area contributed by atoms with E-state index in [1.807, 2.05) is 0 Å². The van der Waals surface area contributed by atoms with Gasteiger partial charge in [0.25, 0.3) is 11.4 Å². The van der Waals surface area contributed by atoms with Gasteiger partial charge in [0.15, 0.2) is 5.92 Å². The third-order valence-electron chi connectivity index (χ3n) is 4.61. The van der Waals surface area contributed by atoms with Gasteiger partial charge in [-0.3, -0.25) is 34.6 Å². The van der Waals surface area contributed by atoms with Crippen molar-refractivity contribution in [2.24, 2.45) is 0 Å². The van der Waals surface area contributed by atoms with Crippen molar-refractivity contribution >= 4 is 29.3 Å². The van der Waals surface area contributed by atoms with Gasteiger partial charge in [-0.05, 0) is 51.0 Å². The van der Waals surface area contributed by atoms with Crippen molar-refractivity contribution in [2.75, 3.05) is 13.2 Å². The molecule has 12 heteroatoms. The summed E-state index contributed by atoms with van der Waals surface area (Å²) in [4.78, 5) is 54.5. The number of aryl methyl sites for hydroxylation is 2. The Balaban J connectivity index is 0.000000379. The van der Waals surface area contributed by atoms with Crippen LogP contribution in [0.2, 0.25) is 0 Å². The van der Waals surface area contributed by atoms with Gasteiger partial charge in [-0.15, -0.1) is 0 Å². The van der Waals surface area contributed by atoms with E-state index in [1.54, 1.807) is 20.8 Å². The molecule has 0 bridgehead atoms. The van der Waals surface area contributed by atoms with Crippen LogP contribution in [0, 0.1) is 34.1 Å². The lowest BCUT2D eigenvalue weighted by atomic mass is 9.97. The lowest BCUT2D eigenvalue weighted by Crippen LogP contribution is -2.26. The van der Waals surface area contributed by atoms with Crippen LogP contribution in [0.15, 0.2) is 36.4 Å². The van der Waals surface area contributed by atoms with Crippen molar-refractivity contribution < 1.29 is 38.8 Å². The third-order valence-corrected chi connectivity index (χ3v) is 4.61. The van der Waals surface area contributed by atoms with Crippen molar-refractivity contribution in [1.82, 2.24) is 0 Å². The number of nitrogens with zero attached hydrogens (tertiary/aromatic N) is 2. The van der Waals surface area contributed by atoms with Crippen LogP contribution in [0.4, 0.5) is 11.4 Å². The summed E-state index contributed by atoms with van der Waals surface area (Å²) in [7, 11) is 0. The third kappa shape index (κ3) is 8.50. The van der Waals surface area contributed by atoms with E-state index in [1.165, 1.54) is 43.3 Å². The highest BCUT2D eigenvalue weighted by atomic mass is 16.6. The highest BCUT2D eigenvalue weighted by Crippen LogP contribution is 2.26. The summed E-state index contributed by atoms with van der Waals surface area (Å²) in [5.74, 6) is -3.64. The molecule has 12 nitrogen and oxygen atoms in total. The van der Waals surface area contributed by atoms with Crippen molar-refractivity contribution in [1.29, 1.82) is 0 Å². The van der Waals surface area contributed by atoms with E-state index in [9.17, 15) is 34.6 Å². The molecule has 0 aliphatic carbocycles. The van der Waals surface area contributed by atoms with E-state index in [2.05, 4.69) is 0 Å². The van der Waals surface area contributed by atoms with Crippen LogP contribution < -0.4 is 0 Å². The molecule has 0 fully saturated rings. The molecule has 0 aliphatic rings. The molecule has 0 aliphatic heterocycles. The molecule has 0 aromatic heterocycles. The molecular weight excluding hydrogens is 464 g/mol. The van der Waals surface area contributed by atoms with E-state index in [4.69, 9.17) is 14.6 Å². The quantitative estimate of drug-likeness (QED) is 0.236. The number of benzene rings is 2. The van der Waals surface area contributed by atoms with Crippen molar-refractivity contribution in [3.63, 3.8) is 0 Å². The van der Waals surface area contributed by atoms with Gasteiger partial charge in [-0.25, -0.2) is 0 Å². The predicted molar refractivity (Wildman–Crippen MR) is 123 cm³/mol. The Labute approximate surface area is 200 Å². The minimum atomic E-state index is -1.23. The molecule has 188 valence electrons. The fourth-order valence-electron chi connectivity index (χ4n) is 3.09. The van der Waals surface area contributed by atoms with Gasteiger partial charge in [-0.1, -0.05) is 12.1 Å². The minimum absolute atomic E-state index is 0.0131. The zero-order valence-corrected chi connectivity index (χ0v) is 19.7. The van der Waals surface area contributed by atoms with E-state index in [0.717, 1.165) is 0 Å². The molecule has 0 saturated heterocycles. The molecule has 0 spiro atoms. The predicted octanol–water partition coefficient (Wildman–Crippen LogP) is 3.64. The Morgan fingerprint density at radius 3 is 1.69 bits per heavy atom. The summed E-state index contributed by atoms with van der Waals surface area (Å²) < 4.78 is 9.74. The number of ether oxygens (including phenoxy) is 2. The van der Waals surface area contributed by atoms with Gasteiger partial charge in [0, 0.05) is 23.3 Å². The van der Waals surface area contributed by atoms with Crippen LogP contribution in [0.3, 0.4) is 0 Å². The van der Waals surface area contributed by atoms with E-state index in [0.29, 0.717) is 22.3 Å². The first-order valence-electron chi connectivity index (χ1n) is 10.5. The molecule has 2 aromatic rings. The number of hydrogen-bond acceptors (Lipinski definition) is 9. The Morgan fingerprint density at radius 1 is 0.857 bits per heavy atom. The van der Waals surface area contributed by atoms with Crippen LogP contribution in [-0.4, -0.2) is 46.1 Å². The van der Waals surface area contributed by atoms with Crippen molar-refractivity contribution in [2.45, 2.75) is 40.0 Å². The SMILES string of the molecule is CCOC(=O)C(C(=O)OCC)c1ccc([N+](=O)[O-])c(C)c1.Cc1cc(CC(=O)O)ccc1[N+](=O)[O-]. The van der Waals surface area contributed by atoms with Gasteiger partial charge in [-0.2, -0.15) is 0 Å². The smallest absolute Gasteiger partial charge is 0.324 e. The van der Waals surface area contributed by atoms with E-state index >= 15 is 0 Å². The first-order chi connectivity index (χ1) is 16.4. The Morgan fingerprint density at radius 2 is 1.31 bits per heavy atom. The zero-order valence-electron chi connectivity index (χ0n) is 19.7. The molecule has 2 aromatic carbocycles. The number of nitro groups is 2. The molecule has 1 N–H and O–H groups in total. The average molecular weight is 490 g/mol. The van der Waals surface area contributed by atoms with Crippen LogP contribution in [-0.2, 0) is 30.3 Å². The number of carbonyl (C=O) groups excluding carboxylic acids is 2. The molecule has 0 amide bonds. The Kier molecular flexibility index (Phi) is 11.0.